The fraction of sp³-hybridized carbons (Fsp3) is 0.158. The average Bonchev–Trinajstić information content (AvgIpc) is 3.03. The summed E-state index contributed by atoms with van der Waals surface area (Å²) in [6, 6.07) is 12.3. The van der Waals surface area contributed by atoms with Gasteiger partial charge in [-0.05, 0) is 29.7 Å². The maximum Gasteiger partial charge on any atom is 0.230 e. The van der Waals surface area contributed by atoms with Crippen LogP contribution in [0.25, 0.3) is 11.3 Å². The van der Waals surface area contributed by atoms with Crippen molar-refractivity contribution in [2.45, 2.75) is 19.8 Å². The summed E-state index contributed by atoms with van der Waals surface area (Å²) in [4.78, 5) is 16.5. The highest BCUT2D eigenvalue weighted by atomic mass is 32.1. The van der Waals surface area contributed by atoms with E-state index < -0.39 is 0 Å². The minimum atomic E-state index is -0.139. The molecule has 3 N–H and O–H groups in total. The van der Waals surface area contributed by atoms with Gasteiger partial charge in [-0.25, -0.2) is 4.98 Å². The first-order valence-corrected chi connectivity index (χ1v) is 8.78. The van der Waals surface area contributed by atoms with Gasteiger partial charge in [0.15, 0.2) is 5.13 Å². The second-order valence-corrected chi connectivity index (χ2v) is 6.49. The molecule has 0 radical (unpaired) electrons. The number of hydrogen-bond acceptors (Lipinski definition) is 5. The smallest absolute Gasteiger partial charge is 0.230 e. The fourth-order valence-corrected chi connectivity index (χ4v) is 3.16. The molecular formula is C19H18N2O3S. The lowest BCUT2D eigenvalue weighted by atomic mass is 10.1. The van der Waals surface area contributed by atoms with Crippen molar-refractivity contribution >= 4 is 22.4 Å². The number of carbonyl (C=O) groups is 1. The van der Waals surface area contributed by atoms with Crippen molar-refractivity contribution < 1.29 is 15.0 Å². The third-order valence-electron chi connectivity index (χ3n) is 3.80. The molecule has 0 spiro atoms. The van der Waals surface area contributed by atoms with Gasteiger partial charge in [0.1, 0.15) is 11.5 Å². The third-order valence-corrected chi connectivity index (χ3v) is 4.56. The molecule has 1 amide bonds. The highest BCUT2D eigenvalue weighted by Gasteiger charge is 2.12. The van der Waals surface area contributed by atoms with E-state index in [9.17, 15) is 15.0 Å². The zero-order valence-corrected chi connectivity index (χ0v) is 14.5. The quantitative estimate of drug-likeness (QED) is 0.647. The van der Waals surface area contributed by atoms with Crippen LogP contribution in [0.3, 0.4) is 0 Å². The summed E-state index contributed by atoms with van der Waals surface area (Å²) in [6.07, 6.45) is 1.25. The van der Waals surface area contributed by atoms with Gasteiger partial charge in [0.25, 0.3) is 0 Å². The summed E-state index contributed by atoms with van der Waals surface area (Å²) in [6.45, 7) is 2.09. The lowest BCUT2D eigenvalue weighted by Gasteiger charge is -2.04. The van der Waals surface area contributed by atoms with E-state index in [1.807, 2.05) is 24.3 Å². The van der Waals surface area contributed by atoms with Crippen LogP contribution in [0.15, 0.2) is 47.8 Å². The molecule has 0 atom stereocenters. The molecule has 25 heavy (non-hydrogen) atoms. The summed E-state index contributed by atoms with van der Waals surface area (Å²) < 4.78 is 0. The average molecular weight is 354 g/mol. The molecule has 0 bridgehead atoms. The number of nitrogens with zero attached hydrogens (tertiary/aromatic N) is 1. The van der Waals surface area contributed by atoms with Crippen LogP contribution < -0.4 is 5.32 Å². The number of hydrogen-bond donors (Lipinski definition) is 3. The first-order valence-electron chi connectivity index (χ1n) is 7.90. The zero-order chi connectivity index (χ0) is 17.8. The van der Waals surface area contributed by atoms with Crippen LogP contribution in [0.5, 0.6) is 11.5 Å². The van der Waals surface area contributed by atoms with Crippen molar-refractivity contribution in [3.8, 4) is 22.8 Å². The van der Waals surface area contributed by atoms with E-state index in [1.165, 1.54) is 29.0 Å². The van der Waals surface area contributed by atoms with E-state index in [-0.39, 0.29) is 23.8 Å². The molecule has 1 aromatic heterocycles. The van der Waals surface area contributed by atoms with E-state index in [1.54, 1.807) is 11.4 Å². The van der Waals surface area contributed by atoms with Crippen molar-refractivity contribution in [2.24, 2.45) is 0 Å². The number of amides is 1. The number of rotatable bonds is 5. The Morgan fingerprint density at radius 2 is 1.84 bits per heavy atom. The van der Waals surface area contributed by atoms with Crippen LogP contribution in [-0.4, -0.2) is 21.1 Å². The molecule has 5 nitrogen and oxygen atoms in total. The topological polar surface area (TPSA) is 82.5 Å². The first-order chi connectivity index (χ1) is 12.0. The molecule has 128 valence electrons. The number of anilines is 1. The van der Waals surface area contributed by atoms with Gasteiger partial charge >= 0.3 is 0 Å². The lowest BCUT2D eigenvalue weighted by molar-refractivity contribution is -0.115. The van der Waals surface area contributed by atoms with Crippen molar-refractivity contribution in [2.75, 3.05) is 5.32 Å². The van der Waals surface area contributed by atoms with Gasteiger partial charge in [0, 0.05) is 17.0 Å². The van der Waals surface area contributed by atoms with Gasteiger partial charge in [0.05, 0.1) is 12.1 Å². The molecule has 0 saturated carbocycles. The van der Waals surface area contributed by atoms with E-state index in [0.29, 0.717) is 16.4 Å². The molecule has 0 aliphatic rings. The molecule has 0 aliphatic heterocycles. The fourth-order valence-electron chi connectivity index (χ4n) is 2.43. The van der Waals surface area contributed by atoms with E-state index in [2.05, 4.69) is 17.2 Å². The van der Waals surface area contributed by atoms with E-state index in [4.69, 9.17) is 0 Å². The largest absolute Gasteiger partial charge is 0.508 e. The van der Waals surface area contributed by atoms with Gasteiger partial charge in [-0.3, -0.25) is 4.79 Å². The molecule has 0 unspecified atom stereocenters. The van der Waals surface area contributed by atoms with Crippen molar-refractivity contribution in [1.29, 1.82) is 0 Å². The monoisotopic (exact) mass is 354 g/mol. The van der Waals surface area contributed by atoms with Crippen molar-refractivity contribution in [3.05, 3.63) is 59.0 Å². The Kier molecular flexibility index (Phi) is 5.00. The van der Waals surface area contributed by atoms with E-state index >= 15 is 0 Å². The number of aromatic nitrogens is 1. The molecule has 0 fully saturated rings. The summed E-state index contributed by atoms with van der Waals surface area (Å²) in [5, 5.41) is 24.2. The molecule has 2 aromatic carbocycles. The number of benzene rings is 2. The van der Waals surface area contributed by atoms with Crippen LogP contribution in [0.1, 0.15) is 18.1 Å². The highest BCUT2D eigenvalue weighted by molar-refractivity contribution is 7.14. The van der Waals surface area contributed by atoms with E-state index in [0.717, 1.165) is 12.0 Å². The molecule has 6 heteroatoms. The summed E-state index contributed by atoms with van der Waals surface area (Å²) in [5.74, 6) is -0.210. The van der Waals surface area contributed by atoms with Gasteiger partial charge in [-0.15, -0.1) is 11.3 Å². The Morgan fingerprint density at radius 3 is 2.52 bits per heavy atom. The van der Waals surface area contributed by atoms with Crippen LogP contribution >= 0.6 is 11.3 Å². The number of aromatic hydroxyl groups is 2. The molecule has 1 heterocycles. The standard InChI is InChI=1S/C19H18N2O3S/c1-2-12-3-5-13(6-4-12)9-18(24)21-19-20-16(11-25-19)15-8-7-14(22)10-17(15)23/h3-8,10-11,22-23H,2,9H2,1H3,(H,20,21,24). The van der Waals surface area contributed by atoms with Gasteiger partial charge < -0.3 is 15.5 Å². The number of phenols is 2. The molecule has 0 aliphatic carbocycles. The number of thiazole rings is 1. The Morgan fingerprint density at radius 1 is 1.12 bits per heavy atom. The number of phenolic OH excluding ortho intramolecular Hbond substituents is 2. The summed E-state index contributed by atoms with van der Waals surface area (Å²) >= 11 is 1.29. The SMILES string of the molecule is CCc1ccc(CC(=O)Nc2nc(-c3ccc(O)cc3O)cs2)cc1. The second-order valence-electron chi connectivity index (χ2n) is 5.63. The number of aryl methyl sites for hydroxylation is 1. The zero-order valence-electron chi connectivity index (χ0n) is 13.7. The molecule has 3 aromatic rings. The first kappa shape index (κ1) is 17.0. The second kappa shape index (κ2) is 7.36. The maximum absolute atomic E-state index is 12.2. The predicted molar refractivity (Wildman–Crippen MR) is 99.0 cm³/mol. The Bertz CT molecular complexity index is 888. The van der Waals surface area contributed by atoms with Crippen molar-refractivity contribution in [1.82, 2.24) is 4.98 Å². The van der Waals surface area contributed by atoms with Gasteiger partial charge in [-0.1, -0.05) is 31.2 Å². The molecule has 3 rings (SSSR count). The van der Waals surface area contributed by atoms with Gasteiger partial charge in [-0.2, -0.15) is 0 Å². The lowest BCUT2D eigenvalue weighted by Crippen LogP contribution is -2.14. The van der Waals surface area contributed by atoms with Crippen molar-refractivity contribution in [3.63, 3.8) is 0 Å². The summed E-state index contributed by atoms with van der Waals surface area (Å²) in [5.41, 5.74) is 3.24. The number of carbonyl (C=O) groups excluding carboxylic acids is 1. The van der Waals surface area contributed by atoms with Crippen LogP contribution in [0.4, 0.5) is 5.13 Å². The maximum atomic E-state index is 12.2. The highest BCUT2D eigenvalue weighted by Crippen LogP contribution is 2.33. The third kappa shape index (κ3) is 4.16. The van der Waals surface area contributed by atoms with Crippen LogP contribution in [-0.2, 0) is 17.6 Å². The van der Waals surface area contributed by atoms with Crippen LogP contribution in [0.2, 0.25) is 0 Å². The Balaban J connectivity index is 1.67. The summed E-state index contributed by atoms with van der Waals surface area (Å²) in [7, 11) is 0. The Hall–Kier alpha value is -2.86. The Labute approximate surface area is 149 Å². The van der Waals surface area contributed by atoms with Gasteiger partial charge in [0.2, 0.25) is 5.91 Å². The van der Waals surface area contributed by atoms with Crippen LogP contribution in [0, 0.1) is 0 Å². The predicted octanol–water partition coefficient (Wildman–Crippen LogP) is 3.96. The minimum Gasteiger partial charge on any atom is -0.508 e. The molecule has 0 saturated heterocycles. The normalized spacial score (nSPS) is 10.6. The minimum absolute atomic E-state index is 0.0147. The molecular weight excluding hydrogens is 336 g/mol. The number of nitrogens with one attached hydrogen (secondary N) is 1.